The summed E-state index contributed by atoms with van der Waals surface area (Å²) in [4.78, 5) is 7.97. The van der Waals surface area contributed by atoms with Gasteiger partial charge in [-0.15, -0.1) is 11.3 Å². The third-order valence-electron chi connectivity index (χ3n) is 5.36. The molecule has 2 aromatic carbocycles. The Morgan fingerprint density at radius 2 is 1.69 bits per heavy atom. The van der Waals surface area contributed by atoms with Crippen LogP contribution in [-0.2, 0) is 0 Å². The molecule has 0 spiro atoms. The van der Waals surface area contributed by atoms with Gasteiger partial charge in [-0.2, -0.15) is 0 Å². The largest absolute Gasteiger partial charge is 0.457 e. The van der Waals surface area contributed by atoms with E-state index in [-0.39, 0.29) is 12.1 Å². The van der Waals surface area contributed by atoms with E-state index < -0.39 is 0 Å². The molecule has 1 saturated heterocycles. The van der Waals surface area contributed by atoms with Gasteiger partial charge in [0, 0.05) is 16.8 Å². The van der Waals surface area contributed by atoms with Gasteiger partial charge in [-0.1, -0.05) is 23.8 Å². The van der Waals surface area contributed by atoms with Gasteiger partial charge >= 0.3 is 0 Å². The zero-order chi connectivity index (χ0) is 22.1. The number of nitrogens with one attached hydrogen (secondary N) is 1. The van der Waals surface area contributed by atoms with E-state index >= 15 is 0 Å². The van der Waals surface area contributed by atoms with Crippen molar-refractivity contribution in [1.82, 2.24) is 10.3 Å². The first kappa shape index (κ1) is 21.1. The van der Waals surface area contributed by atoms with Gasteiger partial charge in [0.1, 0.15) is 11.5 Å². The molecule has 2 atom stereocenters. The van der Waals surface area contributed by atoms with Crippen molar-refractivity contribution in [2.75, 3.05) is 4.90 Å². The van der Waals surface area contributed by atoms with Crippen molar-refractivity contribution in [3.05, 3.63) is 105 Å². The lowest BCUT2D eigenvalue weighted by molar-refractivity contribution is 0.482. The van der Waals surface area contributed by atoms with Gasteiger partial charge in [-0.05, 0) is 95.7 Å². The van der Waals surface area contributed by atoms with Crippen molar-refractivity contribution in [3.63, 3.8) is 0 Å². The van der Waals surface area contributed by atoms with Crippen LogP contribution in [0, 0.1) is 6.92 Å². The Morgan fingerprint density at radius 3 is 2.31 bits per heavy atom. The molecule has 7 heteroatoms. The topological polar surface area (TPSA) is 37.4 Å². The number of benzene rings is 2. The van der Waals surface area contributed by atoms with Crippen molar-refractivity contribution in [2.24, 2.45) is 0 Å². The molecule has 4 nitrogen and oxygen atoms in total. The number of hydrogen-bond acceptors (Lipinski definition) is 4. The quantitative estimate of drug-likeness (QED) is 0.281. The molecule has 0 saturated carbocycles. The van der Waals surface area contributed by atoms with Gasteiger partial charge in [-0.3, -0.25) is 4.98 Å². The van der Waals surface area contributed by atoms with Crippen LogP contribution in [0.3, 0.4) is 0 Å². The van der Waals surface area contributed by atoms with Crippen LogP contribution in [0.15, 0.2) is 88.8 Å². The Balaban J connectivity index is 1.46. The summed E-state index contributed by atoms with van der Waals surface area (Å²) in [5.74, 6) is 1.60. The van der Waals surface area contributed by atoms with Gasteiger partial charge in [-0.25, -0.2) is 0 Å². The maximum atomic E-state index is 6.00. The van der Waals surface area contributed by atoms with Gasteiger partial charge in [0.2, 0.25) is 0 Å². The molecule has 0 unspecified atom stereocenters. The third-order valence-corrected chi connectivity index (χ3v) is 7.36. The SMILES string of the molecule is Cc1ccc(Oc2ccc(N3C(=S)N[C@H](c4ccccn4)[C@H]3c3ccc(Br)s3)cc2)cc1. The Bertz CT molecular complexity index is 1230. The van der Waals surface area contributed by atoms with Crippen LogP contribution in [0.5, 0.6) is 11.5 Å². The molecule has 0 aliphatic carbocycles. The Labute approximate surface area is 205 Å². The van der Waals surface area contributed by atoms with Gasteiger partial charge < -0.3 is 15.0 Å². The maximum absolute atomic E-state index is 6.00. The number of ether oxygens (including phenoxy) is 1. The Morgan fingerprint density at radius 1 is 0.969 bits per heavy atom. The molecule has 1 aliphatic heterocycles. The lowest BCUT2D eigenvalue weighted by Gasteiger charge is -2.27. The van der Waals surface area contributed by atoms with E-state index in [0.29, 0.717) is 5.11 Å². The summed E-state index contributed by atoms with van der Waals surface area (Å²) in [6.07, 6.45) is 1.82. The summed E-state index contributed by atoms with van der Waals surface area (Å²) < 4.78 is 7.09. The summed E-state index contributed by atoms with van der Waals surface area (Å²) in [5.41, 5.74) is 3.18. The van der Waals surface area contributed by atoms with E-state index in [1.54, 1.807) is 11.3 Å². The summed E-state index contributed by atoms with van der Waals surface area (Å²) in [6.45, 7) is 2.06. The predicted octanol–water partition coefficient (Wildman–Crippen LogP) is 7.18. The molecule has 5 rings (SSSR count). The first-order valence-electron chi connectivity index (χ1n) is 10.2. The number of nitrogens with zero attached hydrogens (tertiary/aromatic N) is 2. The second kappa shape index (κ2) is 9.02. The van der Waals surface area contributed by atoms with Gasteiger partial charge in [0.05, 0.1) is 21.6 Å². The molecule has 0 radical (unpaired) electrons. The summed E-state index contributed by atoms with van der Waals surface area (Å²) in [5, 5.41) is 4.17. The monoisotopic (exact) mass is 521 g/mol. The smallest absolute Gasteiger partial charge is 0.174 e. The molecule has 3 heterocycles. The minimum absolute atomic E-state index is 0.00225. The fourth-order valence-corrected chi connectivity index (χ4v) is 5.72. The van der Waals surface area contributed by atoms with E-state index in [9.17, 15) is 0 Å². The van der Waals surface area contributed by atoms with Crippen molar-refractivity contribution in [2.45, 2.75) is 19.0 Å². The van der Waals surface area contributed by atoms with E-state index in [1.165, 1.54) is 10.4 Å². The highest BCUT2D eigenvalue weighted by atomic mass is 79.9. The zero-order valence-corrected chi connectivity index (χ0v) is 20.5. The second-order valence-corrected chi connectivity index (χ2v) is 10.4. The molecular formula is C25H20BrN3OS2. The number of hydrogen-bond donors (Lipinski definition) is 1. The van der Waals surface area contributed by atoms with E-state index in [0.717, 1.165) is 26.7 Å². The number of aromatic nitrogens is 1. The maximum Gasteiger partial charge on any atom is 0.174 e. The summed E-state index contributed by atoms with van der Waals surface area (Å²) >= 11 is 11.1. The van der Waals surface area contributed by atoms with Crippen LogP contribution < -0.4 is 15.0 Å². The van der Waals surface area contributed by atoms with E-state index in [4.69, 9.17) is 17.0 Å². The van der Waals surface area contributed by atoms with Crippen LogP contribution in [0.2, 0.25) is 0 Å². The average molecular weight is 522 g/mol. The van der Waals surface area contributed by atoms with E-state index in [1.807, 2.05) is 72.9 Å². The number of thiophene rings is 1. The third kappa shape index (κ3) is 4.28. The number of rotatable bonds is 5. The molecule has 0 bridgehead atoms. The first-order valence-corrected chi connectivity index (χ1v) is 12.2. The molecule has 4 aromatic rings. The number of halogens is 1. The molecule has 160 valence electrons. The molecule has 2 aromatic heterocycles. The molecule has 1 aliphatic rings. The highest BCUT2D eigenvalue weighted by Gasteiger charge is 2.41. The summed E-state index contributed by atoms with van der Waals surface area (Å²) in [6, 6.07) is 26.2. The van der Waals surface area contributed by atoms with Crippen LogP contribution in [0.25, 0.3) is 0 Å². The standard InChI is InChI=1S/C25H20BrN3OS2/c1-16-5-9-18(10-6-16)30-19-11-7-17(8-12-19)29-24(21-13-14-22(26)32-21)23(28-25(29)31)20-4-2-3-15-27-20/h2-15,23-24H,1H3,(H,28,31)/t23-,24-/m1/s1. The normalized spacial score (nSPS) is 17.9. The van der Waals surface area contributed by atoms with Crippen molar-refractivity contribution >= 4 is 50.3 Å². The van der Waals surface area contributed by atoms with E-state index in [2.05, 4.69) is 50.2 Å². The Hall–Kier alpha value is -2.74. The number of thiocarbonyl (C=S) groups is 1. The molecule has 32 heavy (non-hydrogen) atoms. The van der Waals surface area contributed by atoms with Crippen molar-refractivity contribution in [3.8, 4) is 11.5 Å². The molecule has 1 fully saturated rings. The zero-order valence-electron chi connectivity index (χ0n) is 17.2. The number of anilines is 1. The van der Waals surface area contributed by atoms with Crippen molar-refractivity contribution < 1.29 is 4.74 Å². The first-order chi connectivity index (χ1) is 15.6. The molecule has 0 amide bonds. The predicted molar refractivity (Wildman–Crippen MR) is 138 cm³/mol. The lowest BCUT2D eigenvalue weighted by atomic mass is 10.0. The van der Waals surface area contributed by atoms with Gasteiger partial charge in [0.25, 0.3) is 0 Å². The lowest BCUT2D eigenvalue weighted by Crippen LogP contribution is -2.28. The van der Waals surface area contributed by atoms with Crippen LogP contribution >= 0.6 is 39.5 Å². The van der Waals surface area contributed by atoms with Crippen molar-refractivity contribution in [1.29, 1.82) is 0 Å². The summed E-state index contributed by atoms with van der Waals surface area (Å²) in [7, 11) is 0. The van der Waals surface area contributed by atoms with Gasteiger partial charge in [0.15, 0.2) is 5.11 Å². The number of aryl methyl sites for hydroxylation is 1. The minimum atomic E-state index is -0.0438. The van der Waals surface area contributed by atoms with Crippen LogP contribution in [-0.4, -0.2) is 10.1 Å². The molecule has 1 N–H and O–H groups in total. The van der Waals surface area contributed by atoms with Crippen LogP contribution in [0.4, 0.5) is 5.69 Å². The minimum Gasteiger partial charge on any atom is -0.457 e. The second-order valence-electron chi connectivity index (χ2n) is 7.55. The highest BCUT2D eigenvalue weighted by molar-refractivity contribution is 9.11. The molecular weight excluding hydrogens is 502 g/mol. The fraction of sp³-hybridized carbons (Fsp3) is 0.120. The van der Waals surface area contributed by atoms with Crippen LogP contribution in [0.1, 0.15) is 28.2 Å². The average Bonchev–Trinajstić information content (AvgIpc) is 3.39. The highest BCUT2D eigenvalue weighted by Crippen LogP contribution is 2.44. The number of pyridine rings is 1. The fourth-order valence-electron chi connectivity index (χ4n) is 3.83. The Kier molecular flexibility index (Phi) is 5.95.